The quantitative estimate of drug-likeness (QED) is 0.671. The monoisotopic (exact) mass is 271 g/mol. The number of carbonyl (C=O) groups excluding carboxylic acids is 1. The molecule has 2 heterocycles. The van der Waals surface area contributed by atoms with E-state index < -0.39 is 5.91 Å². The molecule has 2 aromatic heterocycles. The molecule has 0 unspecified atom stereocenters. The lowest BCUT2D eigenvalue weighted by Crippen LogP contribution is -2.14. The van der Waals surface area contributed by atoms with Gasteiger partial charge < -0.3 is 5.32 Å². The van der Waals surface area contributed by atoms with Crippen LogP contribution in [0.5, 0.6) is 0 Å². The molecule has 1 aromatic carbocycles. The van der Waals surface area contributed by atoms with E-state index in [-0.39, 0.29) is 5.82 Å². The van der Waals surface area contributed by atoms with Gasteiger partial charge >= 0.3 is 0 Å². The second-order valence-electron chi connectivity index (χ2n) is 3.95. The fourth-order valence-corrected chi connectivity index (χ4v) is 1.65. The Morgan fingerprint density at radius 2 is 2.30 bits per heavy atom. The third-order valence-electron chi connectivity index (χ3n) is 2.61. The van der Waals surface area contributed by atoms with E-state index in [0.717, 1.165) is 11.3 Å². The minimum atomic E-state index is -0.453. The van der Waals surface area contributed by atoms with Gasteiger partial charge in [-0.2, -0.15) is 5.21 Å². The second kappa shape index (κ2) is 4.84. The number of anilines is 1. The number of nitrogens with zero attached hydrogens (tertiary/aromatic N) is 7. The van der Waals surface area contributed by atoms with Crippen molar-refractivity contribution in [2.45, 2.75) is 6.92 Å². The fourth-order valence-electron chi connectivity index (χ4n) is 1.65. The van der Waals surface area contributed by atoms with E-state index in [1.165, 1.54) is 11.0 Å². The molecule has 10 nitrogen and oxygen atoms in total. The van der Waals surface area contributed by atoms with Crippen molar-refractivity contribution in [2.75, 3.05) is 5.32 Å². The van der Waals surface area contributed by atoms with Crippen LogP contribution >= 0.6 is 0 Å². The van der Waals surface area contributed by atoms with Crippen LogP contribution in [0.1, 0.15) is 16.2 Å². The zero-order valence-corrected chi connectivity index (χ0v) is 10.3. The molecule has 1 amide bonds. The first kappa shape index (κ1) is 11.9. The molecule has 0 spiro atoms. The molecule has 0 aliphatic carbocycles. The lowest BCUT2D eigenvalue weighted by molar-refractivity contribution is 0.101. The number of hydrogen-bond donors (Lipinski definition) is 2. The first-order valence-electron chi connectivity index (χ1n) is 5.63. The Morgan fingerprint density at radius 1 is 1.40 bits per heavy atom. The van der Waals surface area contributed by atoms with E-state index >= 15 is 0 Å². The van der Waals surface area contributed by atoms with Gasteiger partial charge in [-0.1, -0.05) is 6.07 Å². The van der Waals surface area contributed by atoms with Crippen molar-refractivity contribution in [2.24, 2.45) is 0 Å². The highest BCUT2D eigenvalue weighted by Crippen LogP contribution is 2.18. The lowest BCUT2D eigenvalue weighted by atomic mass is 10.2. The summed E-state index contributed by atoms with van der Waals surface area (Å²) in [6.07, 6.45) is 1.48. The van der Waals surface area contributed by atoms with Gasteiger partial charge in [0.2, 0.25) is 0 Å². The van der Waals surface area contributed by atoms with E-state index in [2.05, 4.69) is 41.5 Å². The molecule has 100 valence electrons. The topological polar surface area (TPSA) is 127 Å². The Morgan fingerprint density at radius 3 is 3.00 bits per heavy atom. The van der Waals surface area contributed by atoms with E-state index in [4.69, 9.17) is 0 Å². The predicted molar refractivity (Wildman–Crippen MR) is 66.0 cm³/mol. The van der Waals surface area contributed by atoms with Crippen LogP contribution < -0.4 is 5.32 Å². The van der Waals surface area contributed by atoms with Crippen molar-refractivity contribution >= 4 is 11.6 Å². The van der Waals surface area contributed by atoms with Crippen molar-refractivity contribution in [3.63, 3.8) is 0 Å². The van der Waals surface area contributed by atoms with E-state index in [9.17, 15) is 4.79 Å². The van der Waals surface area contributed by atoms with Crippen LogP contribution in [0.4, 0.5) is 5.69 Å². The summed E-state index contributed by atoms with van der Waals surface area (Å²) in [4.78, 5) is 11.8. The molecule has 0 radical (unpaired) electrons. The van der Waals surface area contributed by atoms with E-state index in [1.807, 2.05) is 13.0 Å². The minimum Gasteiger partial charge on any atom is -0.319 e. The summed E-state index contributed by atoms with van der Waals surface area (Å²) in [5.41, 5.74) is 2.31. The Hall–Kier alpha value is -3.17. The first-order chi connectivity index (χ1) is 9.74. The van der Waals surface area contributed by atoms with Crippen molar-refractivity contribution in [1.29, 1.82) is 0 Å². The van der Waals surface area contributed by atoms with Gasteiger partial charge in [0.15, 0.2) is 0 Å². The summed E-state index contributed by atoms with van der Waals surface area (Å²) in [5.74, 6) is -0.486. The SMILES string of the molecule is Cc1ccc(NC(=O)c2nn[nH]n2)cc1-n1cnnn1. The smallest absolute Gasteiger partial charge is 0.297 e. The summed E-state index contributed by atoms with van der Waals surface area (Å²) in [7, 11) is 0. The molecule has 0 aliphatic rings. The van der Waals surface area contributed by atoms with Crippen LogP contribution in [0.2, 0.25) is 0 Å². The van der Waals surface area contributed by atoms with Gasteiger partial charge in [-0.3, -0.25) is 4.79 Å². The molecular weight excluding hydrogens is 262 g/mol. The summed E-state index contributed by atoms with van der Waals surface area (Å²) in [6, 6.07) is 5.37. The Kier molecular flexibility index (Phi) is 2.88. The maximum atomic E-state index is 11.8. The molecule has 2 N–H and O–H groups in total. The number of aromatic amines is 1. The zero-order valence-electron chi connectivity index (χ0n) is 10.3. The highest BCUT2D eigenvalue weighted by molar-refractivity contribution is 6.01. The number of aryl methyl sites for hydroxylation is 1. The van der Waals surface area contributed by atoms with Gasteiger partial charge in [-0.05, 0) is 40.3 Å². The van der Waals surface area contributed by atoms with Crippen molar-refractivity contribution < 1.29 is 4.79 Å². The second-order valence-corrected chi connectivity index (χ2v) is 3.95. The molecule has 10 heteroatoms. The molecule has 0 aliphatic heterocycles. The molecule has 0 saturated heterocycles. The van der Waals surface area contributed by atoms with E-state index in [1.54, 1.807) is 12.1 Å². The maximum Gasteiger partial charge on any atom is 0.297 e. The number of aromatic nitrogens is 8. The average molecular weight is 271 g/mol. The zero-order chi connectivity index (χ0) is 13.9. The van der Waals surface area contributed by atoms with Gasteiger partial charge in [0.05, 0.1) is 5.69 Å². The predicted octanol–water partition coefficient (Wildman–Crippen LogP) is -0.264. The molecule has 0 fully saturated rings. The summed E-state index contributed by atoms with van der Waals surface area (Å²) in [5, 5.41) is 26.4. The van der Waals surface area contributed by atoms with Crippen LogP contribution in [0.25, 0.3) is 5.69 Å². The molecule has 0 bridgehead atoms. The molecule has 20 heavy (non-hydrogen) atoms. The van der Waals surface area contributed by atoms with Gasteiger partial charge in [-0.15, -0.1) is 15.3 Å². The largest absolute Gasteiger partial charge is 0.319 e. The number of benzene rings is 1. The number of rotatable bonds is 3. The third kappa shape index (κ3) is 2.21. The Bertz CT molecular complexity index is 719. The van der Waals surface area contributed by atoms with Crippen LogP contribution in [0.15, 0.2) is 24.5 Å². The normalized spacial score (nSPS) is 10.4. The van der Waals surface area contributed by atoms with E-state index in [0.29, 0.717) is 5.69 Å². The summed E-state index contributed by atoms with van der Waals surface area (Å²) >= 11 is 0. The summed E-state index contributed by atoms with van der Waals surface area (Å²) in [6.45, 7) is 1.92. The molecule has 0 saturated carbocycles. The number of hydrogen-bond acceptors (Lipinski definition) is 7. The van der Waals surface area contributed by atoms with Gasteiger partial charge in [-0.25, -0.2) is 4.68 Å². The van der Waals surface area contributed by atoms with Crippen molar-refractivity contribution in [3.05, 3.63) is 35.9 Å². The molecule has 3 aromatic rings. The minimum absolute atomic E-state index is 0.0328. The van der Waals surface area contributed by atoms with Crippen LogP contribution in [-0.2, 0) is 0 Å². The molecule has 3 rings (SSSR count). The number of nitrogens with one attached hydrogen (secondary N) is 2. The number of tetrazole rings is 2. The maximum absolute atomic E-state index is 11.8. The van der Waals surface area contributed by atoms with Crippen LogP contribution in [0, 0.1) is 6.92 Å². The Balaban J connectivity index is 1.88. The highest BCUT2D eigenvalue weighted by atomic mass is 16.2. The van der Waals surface area contributed by atoms with Crippen molar-refractivity contribution in [3.8, 4) is 5.69 Å². The molecular formula is C10H9N9O. The van der Waals surface area contributed by atoms with Crippen molar-refractivity contribution in [1.82, 2.24) is 40.8 Å². The average Bonchev–Trinajstić information content (AvgIpc) is 3.14. The summed E-state index contributed by atoms with van der Waals surface area (Å²) < 4.78 is 1.51. The van der Waals surface area contributed by atoms with Gasteiger partial charge in [0, 0.05) is 5.69 Å². The van der Waals surface area contributed by atoms with Crippen LogP contribution in [-0.4, -0.2) is 46.7 Å². The lowest BCUT2D eigenvalue weighted by Gasteiger charge is -2.08. The van der Waals surface area contributed by atoms with Gasteiger partial charge in [0.1, 0.15) is 6.33 Å². The third-order valence-corrected chi connectivity index (χ3v) is 2.61. The first-order valence-corrected chi connectivity index (χ1v) is 5.63. The molecule has 0 atom stereocenters. The fraction of sp³-hybridized carbons (Fsp3) is 0.100. The van der Waals surface area contributed by atoms with Gasteiger partial charge in [0.25, 0.3) is 11.7 Å². The number of carbonyl (C=O) groups is 1. The Labute approximate surface area is 112 Å². The van der Waals surface area contributed by atoms with Crippen LogP contribution in [0.3, 0.4) is 0 Å². The highest BCUT2D eigenvalue weighted by Gasteiger charge is 2.12. The number of amides is 1. The number of H-pyrrole nitrogens is 1. The standard InChI is InChI=1S/C10H9N9O/c1-6-2-3-7(4-8(6)19-5-11-15-18-19)12-10(20)9-13-16-17-14-9/h2-5H,1H3,(H,12,20)(H,13,14,16,17).